The normalized spacial score (nSPS) is 20.0. The summed E-state index contributed by atoms with van der Waals surface area (Å²) in [6.07, 6.45) is 2.13. The first-order valence-corrected chi connectivity index (χ1v) is 5.94. The van der Waals surface area contributed by atoms with Gasteiger partial charge in [0.05, 0.1) is 5.69 Å². The van der Waals surface area contributed by atoms with E-state index in [1.165, 1.54) is 11.3 Å². The Morgan fingerprint density at radius 3 is 2.50 bits per heavy atom. The van der Waals surface area contributed by atoms with E-state index < -0.39 is 0 Å². The Morgan fingerprint density at radius 2 is 2.00 bits per heavy atom. The minimum absolute atomic E-state index is 0.109. The van der Waals surface area contributed by atoms with Crippen LogP contribution >= 0.6 is 0 Å². The minimum atomic E-state index is 0.109. The molecule has 4 heteroatoms. The van der Waals surface area contributed by atoms with Gasteiger partial charge in [-0.3, -0.25) is 4.68 Å². The maximum atomic E-state index is 6.38. The summed E-state index contributed by atoms with van der Waals surface area (Å²) >= 11 is 0. The zero-order chi connectivity index (χ0) is 11.7. The molecule has 16 heavy (non-hydrogen) atoms. The van der Waals surface area contributed by atoms with Gasteiger partial charge in [0.25, 0.3) is 0 Å². The van der Waals surface area contributed by atoms with Crippen LogP contribution in [0.15, 0.2) is 0 Å². The fourth-order valence-corrected chi connectivity index (χ4v) is 2.58. The predicted octanol–water partition coefficient (Wildman–Crippen LogP) is 1.46. The quantitative estimate of drug-likeness (QED) is 0.826. The molecule has 1 unspecified atom stereocenters. The Labute approximate surface area is 96.8 Å². The van der Waals surface area contributed by atoms with E-state index in [1.54, 1.807) is 0 Å². The summed E-state index contributed by atoms with van der Waals surface area (Å²) < 4.78 is 7.30. The SMILES string of the molecule is Cc1nn(C)c(C)c1C(N)C1CCOCC1. The minimum Gasteiger partial charge on any atom is -0.381 e. The van der Waals surface area contributed by atoms with Gasteiger partial charge < -0.3 is 10.5 Å². The first kappa shape index (κ1) is 11.6. The Balaban J connectivity index is 2.22. The molecule has 0 bridgehead atoms. The maximum absolute atomic E-state index is 6.38. The van der Waals surface area contributed by atoms with Crippen molar-refractivity contribution in [3.05, 3.63) is 17.0 Å². The van der Waals surface area contributed by atoms with E-state index in [0.717, 1.165) is 31.7 Å². The largest absolute Gasteiger partial charge is 0.381 e. The molecule has 1 aliphatic heterocycles. The third kappa shape index (κ3) is 1.99. The van der Waals surface area contributed by atoms with E-state index in [-0.39, 0.29) is 6.04 Å². The molecule has 0 amide bonds. The lowest BCUT2D eigenvalue weighted by molar-refractivity contribution is 0.0582. The van der Waals surface area contributed by atoms with Crippen LogP contribution in [0.1, 0.15) is 35.8 Å². The van der Waals surface area contributed by atoms with Crippen LogP contribution in [-0.4, -0.2) is 23.0 Å². The number of ether oxygens (including phenoxy) is 1. The van der Waals surface area contributed by atoms with E-state index in [0.29, 0.717) is 5.92 Å². The highest BCUT2D eigenvalue weighted by atomic mass is 16.5. The van der Waals surface area contributed by atoms with Gasteiger partial charge in [0.15, 0.2) is 0 Å². The molecule has 1 saturated heterocycles. The van der Waals surface area contributed by atoms with Crippen LogP contribution in [0.3, 0.4) is 0 Å². The second-order valence-corrected chi connectivity index (χ2v) is 4.68. The van der Waals surface area contributed by atoms with Crippen LogP contribution < -0.4 is 5.73 Å². The molecule has 0 radical (unpaired) electrons. The summed E-state index contributed by atoms with van der Waals surface area (Å²) in [5.74, 6) is 0.537. The van der Waals surface area contributed by atoms with Crippen molar-refractivity contribution in [3.8, 4) is 0 Å². The van der Waals surface area contributed by atoms with Crippen molar-refractivity contribution < 1.29 is 4.74 Å². The highest BCUT2D eigenvalue weighted by molar-refractivity contribution is 5.28. The van der Waals surface area contributed by atoms with E-state index >= 15 is 0 Å². The molecule has 4 nitrogen and oxygen atoms in total. The van der Waals surface area contributed by atoms with E-state index in [2.05, 4.69) is 12.0 Å². The second-order valence-electron chi connectivity index (χ2n) is 4.68. The number of aromatic nitrogens is 2. The van der Waals surface area contributed by atoms with Crippen LogP contribution in [0.5, 0.6) is 0 Å². The van der Waals surface area contributed by atoms with Gasteiger partial charge in [-0.1, -0.05) is 0 Å². The molecule has 90 valence electrons. The Hall–Kier alpha value is -0.870. The van der Waals surface area contributed by atoms with E-state index in [9.17, 15) is 0 Å². The summed E-state index contributed by atoms with van der Waals surface area (Å²) in [6, 6.07) is 0.109. The van der Waals surface area contributed by atoms with Gasteiger partial charge in [-0.25, -0.2) is 0 Å². The molecule has 2 heterocycles. The van der Waals surface area contributed by atoms with Crippen molar-refractivity contribution in [3.63, 3.8) is 0 Å². The average molecular weight is 223 g/mol. The predicted molar refractivity (Wildman–Crippen MR) is 63.2 cm³/mol. The fourth-order valence-electron chi connectivity index (χ4n) is 2.58. The van der Waals surface area contributed by atoms with Crippen LogP contribution in [0, 0.1) is 19.8 Å². The number of hydrogen-bond acceptors (Lipinski definition) is 3. The van der Waals surface area contributed by atoms with Crippen molar-refractivity contribution in [1.29, 1.82) is 0 Å². The molecule has 1 aliphatic rings. The monoisotopic (exact) mass is 223 g/mol. The lowest BCUT2D eigenvalue weighted by Crippen LogP contribution is -2.28. The molecule has 0 spiro atoms. The van der Waals surface area contributed by atoms with Crippen molar-refractivity contribution in [2.45, 2.75) is 32.7 Å². The summed E-state index contributed by atoms with van der Waals surface area (Å²) in [7, 11) is 1.97. The summed E-state index contributed by atoms with van der Waals surface area (Å²) in [5.41, 5.74) is 9.87. The number of nitrogens with two attached hydrogens (primary N) is 1. The molecular formula is C12H21N3O. The topological polar surface area (TPSA) is 53.1 Å². The molecule has 2 rings (SSSR count). The number of aryl methyl sites for hydroxylation is 2. The Morgan fingerprint density at radius 1 is 1.38 bits per heavy atom. The third-order valence-electron chi connectivity index (χ3n) is 3.67. The van der Waals surface area contributed by atoms with Gasteiger partial charge in [0.1, 0.15) is 0 Å². The molecule has 0 aromatic carbocycles. The first-order valence-electron chi connectivity index (χ1n) is 5.94. The molecule has 1 fully saturated rings. The van der Waals surface area contributed by atoms with Crippen LogP contribution in [0.25, 0.3) is 0 Å². The summed E-state index contributed by atoms with van der Waals surface area (Å²) in [5, 5.41) is 4.43. The van der Waals surface area contributed by atoms with Gasteiger partial charge in [-0.2, -0.15) is 5.10 Å². The number of nitrogens with zero attached hydrogens (tertiary/aromatic N) is 2. The van der Waals surface area contributed by atoms with Crippen LogP contribution in [-0.2, 0) is 11.8 Å². The zero-order valence-corrected chi connectivity index (χ0v) is 10.4. The standard InChI is InChI=1S/C12H21N3O/c1-8-11(9(2)15(3)14-8)12(13)10-4-6-16-7-5-10/h10,12H,4-7,13H2,1-3H3. The molecule has 1 atom stereocenters. The molecule has 1 aromatic heterocycles. The lowest BCUT2D eigenvalue weighted by Gasteiger charge is -2.28. The Kier molecular flexibility index (Phi) is 3.30. The molecule has 1 aromatic rings. The van der Waals surface area contributed by atoms with Crippen LogP contribution in [0.2, 0.25) is 0 Å². The lowest BCUT2D eigenvalue weighted by atomic mass is 9.87. The van der Waals surface area contributed by atoms with Gasteiger partial charge in [-0.15, -0.1) is 0 Å². The van der Waals surface area contributed by atoms with Crippen LogP contribution in [0.4, 0.5) is 0 Å². The number of rotatable bonds is 2. The number of hydrogen-bond donors (Lipinski definition) is 1. The molecule has 0 saturated carbocycles. The fraction of sp³-hybridized carbons (Fsp3) is 0.750. The smallest absolute Gasteiger partial charge is 0.0644 e. The third-order valence-corrected chi connectivity index (χ3v) is 3.67. The van der Waals surface area contributed by atoms with Crippen molar-refractivity contribution >= 4 is 0 Å². The molecular weight excluding hydrogens is 202 g/mol. The van der Waals surface area contributed by atoms with E-state index in [4.69, 9.17) is 10.5 Å². The highest BCUT2D eigenvalue weighted by Crippen LogP contribution is 2.31. The van der Waals surface area contributed by atoms with Crippen molar-refractivity contribution in [2.24, 2.45) is 18.7 Å². The average Bonchev–Trinajstić information content (AvgIpc) is 2.54. The van der Waals surface area contributed by atoms with Gasteiger partial charge >= 0.3 is 0 Å². The van der Waals surface area contributed by atoms with Crippen molar-refractivity contribution in [1.82, 2.24) is 9.78 Å². The first-order chi connectivity index (χ1) is 7.61. The summed E-state index contributed by atoms with van der Waals surface area (Å²) in [4.78, 5) is 0. The molecule has 2 N–H and O–H groups in total. The molecule has 0 aliphatic carbocycles. The van der Waals surface area contributed by atoms with E-state index in [1.807, 2.05) is 18.7 Å². The maximum Gasteiger partial charge on any atom is 0.0644 e. The van der Waals surface area contributed by atoms with Gasteiger partial charge in [0, 0.05) is 37.6 Å². The second kappa shape index (κ2) is 4.55. The van der Waals surface area contributed by atoms with Crippen molar-refractivity contribution in [2.75, 3.05) is 13.2 Å². The summed E-state index contributed by atoms with van der Waals surface area (Å²) in [6.45, 7) is 5.82. The van der Waals surface area contributed by atoms with Gasteiger partial charge in [-0.05, 0) is 32.6 Å². The zero-order valence-electron chi connectivity index (χ0n) is 10.4. The Bertz CT molecular complexity index is 367. The van der Waals surface area contributed by atoms with Gasteiger partial charge in [0.2, 0.25) is 0 Å². The highest BCUT2D eigenvalue weighted by Gasteiger charge is 2.26.